The molecule has 1 atom stereocenters. The monoisotopic (exact) mass is 623 g/mol. The lowest BCUT2D eigenvalue weighted by atomic mass is 9.81. The van der Waals surface area contributed by atoms with Gasteiger partial charge < -0.3 is 14.5 Å². The summed E-state index contributed by atoms with van der Waals surface area (Å²) in [6.45, 7) is 12.6. The number of hydrogen-bond acceptors (Lipinski definition) is 4. The van der Waals surface area contributed by atoms with Crippen LogP contribution in [0.1, 0.15) is 65.9 Å². The van der Waals surface area contributed by atoms with Crippen LogP contribution in [-0.2, 0) is 14.9 Å². The minimum absolute atomic E-state index is 0.133. The number of carbonyl (C=O) groups excluding carboxylic acids is 2. The fourth-order valence-corrected chi connectivity index (χ4v) is 4.94. The Balaban J connectivity index is 0.000000391. The van der Waals surface area contributed by atoms with Gasteiger partial charge in [-0.25, -0.2) is 13.6 Å². The van der Waals surface area contributed by atoms with Crippen molar-refractivity contribution in [3.8, 4) is 6.07 Å². The molecule has 2 fully saturated rings. The van der Waals surface area contributed by atoms with Gasteiger partial charge in [0.2, 0.25) is 0 Å². The summed E-state index contributed by atoms with van der Waals surface area (Å²) in [5.41, 5.74) is -0.278. The number of ether oxygens (including phenoxy) is 1. The van der Waals surface area contributed by atoms with E-state index < -0.39 is 11.2 Å². The Labute approximate surface area is 258 Å². The van der Waals surface area contributed by atoms with Crippen molar-refractivity contribution < 1.29 is 23.1 Å². The Morgan fingerprint density at radius 1 is 1.02 bits per heavy atom. The largest absolute Gasteiger partial charge is 0.466 e. The number of nitrogens with zero attached hydrogens (tertiary/aromatic N) is 3. The molecule has 42 heavy (non-hydrogen) atoms. The molecule has 4 rings (SSSR count). The van der Waals surface area contributed by atoms with Gasteiger partial charge in [0, 0.05) is 43.2 Å². The van der Waals surface area contributed by atoms with Crippen LogP contribution in [0, 0.1) is 34.3 Å². The van der Waals surface area contributed by atoms with Crippen LogP contribution in [0.2, 0.25) is 10.0 Å². The van der Waals surface area contributed by atoms with Crippen LogP contribution < -0.4 is 0 Å². The van der Waals surface area contributed by atoms with E-state index in [0.29, 0.717) is 44.5 Å². The Kier molecular flexibility index (Phi) is 13.5. The van der Waals surface area contributed by atoms with E-state index in [1.54, 1.807) is 34.9 Å². The number of nitriles is 1. The molecule has 10 heteroatoms. The van der Waals surface area contributed by atoms with Crippen molar-refractivity contribution >= 4 is 35.2 Å². The number of amides is 2. The topological polar surface area (TPSA) is 73.6 Å². The predicted molar refractivity (Wildman–Crippen MR) is 162 cm³/mol. The van der Waals surface area contributed by atoms with E-state index in [2.05, 4.69) is 33.8 Å². The zero-order chi connectivity index (χ0) is 31.5. The number of halogens is 4. The van der Waals surface area contributed by atoms with Gasteiger partial charge in [0.15, 0.2) is 0 Å². The van der Waals surface area contributed by atoms with Gasteiger partial charge in [-0.1, -0.05) is 69.1 Å². The second-order valence-electron chi connectivity index (χ2n) is 12.1. The molecule has 0 aliphatic carbocycles. The molecule has 2 aromatic rings. The highest BCUT2D eigenvalue weighted by Crippen LogP contribution is 2.37. The lowest BCUT2D eigenvalue weighted by Gasteiger charge is -2.34. The lowest BCUT2D eigenvalue weighted by Crippen LogP contribution is -2.47. The van der Waals surface area contributed by atoms with Gasteiger partial charge in [0.25, 0.3) is 0 Å². The zero-order valence-electron chi connectivity index (χ0n) is 25.1. The normalized spacial score (nSPS) is 18.7. The van der Waals surface area contributed by atoms with Crippen LogP contribution in [0.3, 0.4) is 0 Å². The van der Waals surface area contributed by atoms with Crippen LogP contribution in [0.25, 0.3) is 0 Å². The van der Waals surface area contributed by atoms with E-state index >= 15 is 0 Å². The van der Waals surface area contributed by atoms with Crippen molar-refractivity contribution in [3.63, 3.8) is 0 Å². The average molecular weight is 625 g/mol. The Morgan fingerprint density at radius 2 is 1.64 bits per heavy atom. The van der Waals surface area contributed by atoms with Crippen LogP contribution in [-0.4, -0.2) is 54.6 Å². The quantitative estimate of drug-likeness (QED) is 0.321. The van der Waals surface area contributed by atoms with E-state index in [1.807, 2.05) is 0 Å². The summed E-state index contributed by atoms with van der Waals surface area (Å²) in [6, 6.07) is 12.5. The lowest BCUT2D eigenvalue weighted by molar-refractivity contribution is -0.144. The van der Waals surface area contributed by atoms with Gasteiger partial charge in [-0.15, -0.1) is 0 Å². The number of hydrogen-bond donors (Lipinski definition) is 0. The summed E-state index contributed by atoms with van der Waals surface area (Å²) in [7, 11) is 0. The van der Waals surface area contributed by atoms with Crippen molar-refractivity contribution in [2.45, 2.75) is 65.7 Å². The van der Waals surface area contributed by atoms with Crippen molar-refractivity contribution in [2.75, 3.05) is 32.8 Å². The molecular formula is C32H41Cl2F2N3O3. The molecule has 2 aliphatic rings. The second kappa shape index (κ2) is 16.1. The minimum Gasteiger partial charge on any atom is -0.466 e. The van der Waals surface area contributed by atoms with Gasteiger partial charge in [-0.05, 0) is 61.8 Å². The molecule has 6 nitrogen and oxygen atoms in total. The molecule has 0 spiro atoms. The molecule has 2 amide bonds. The summed E-state index contributed by atoms with van der Waals surface area (Å²) in [4.78, 5) is 28.0. The van der Waals surface area contributed by atoms with Gasteiger partial charge >= 0.3 is 12.0 Å². The van der Waals surface area contributed by atoms with Crippen molar-refractivity contribution in [1.29, 1.82) is 5.26 Å². The Hall–Kier alpha value is -2.89. The second-order valence-corrected chi connectivity index (χ2v) is 13.0. The molecule has 0 aromatic heterocycles. The maximum atomic E-state index is 14.4. The molecule has 2 heterocycles. The van der Waals surface area contributed by atoms with E-state index in [9.17, 15) is 23.6 Å². The summed E-state index contributed by atoms with van der Waals surface area (Å²) >= 11 is 11.2. The SMILES string of the molecule is CC(C)(C)C.CCOC(=O)CC1CCN(C(=O)N2CCC(C#N)(c3ccc(Cl)cc3F)C2)CC1.Fc1ccccc1Cl. The maximum Gasteiger partial charge on any atom is 0.320 e. The highest BCUT2D eigenvalue weighted by atomic mass is 35.5. The number of carbonyl (C=O) groups is 2. The molecule has 2 saturated heterocycles. The smallest absolute Gasteiger partial charge is 0.320 e. The van der Waals surface area contributed by atoms with Gasteiger partial charge in [-0.3, -0.25) is 4.79 Å². The van der Waals surface area contributed by atoms with Crippen LogP contribution in [0.15, 0.2) is 42.5 Å². The molecule has 2 aromatic carbocycles. The molecule has 2 aliphatic heterocycles. The Bertz CT molecular complexity index is 1210. The van der Waals surface area contributed by atoms with E-state index in [0.717, 1.165) is 12.8 Å². The van der Waals surface area contributed by atoms with Crippen LogP contribution in [0.4, 0.5) is 13.6 Å². The number of urea groups is 1. The standard InChI is InChI=1S/C21H25ClFN3O3.C6H4ClF.C5H12/c1-2-29-19(27)11-15-5-8-25(9-6-15)20(28)26-10-7-21(13-24,14-26)17-4-3-16(22)12-18(17)23;7-5-3-1-2-4-6(5)8;1-5(2,3)4/h3-4,12,15H,2,5-11,14H2,1H3;1-4H;1-4H3. The first-order chi connectivity index (χ1) is 19.7. The maximum absolute atomic E-state index is 14.4. The van der Waals surface area contributed by atoms with Crippen molar-refractivity contribution in [3.05, 3.63) is 69.7 Å². The molecule has 0 radical (unpaired) electrons. The fourth-order valence-electron chi connectivity index (χ4n) is 4.65. The number of piperidine rings is 1. The summed E-state index contributed by atoms with van der Waals surface area (Å²) in [5, 5.41) is 10.2. The van der Waals surface area contributed by atoms with Gasteiger partial charge in [-0.2, -0.15) is 5.26 Å². The third kappa shape index (κ3) is 11.1. The number of likely N-dealkylation sites (tertiary alicyclic amines) is 2. The average Bonchev–Trinajstić information content (AvgIpc) is 3.35. The number of rotatable bonds is 4. The number of benzene rings is 2. The van der Waals surface area contributed by atoms with E-state index in [1.165, 1.54) is 24.3 Å². The number of esters is 1. The predicted octanol–water partition coefficient (Wildman–Crippen LogP) is 8.26. The summed E-state index contributed by atoms with van der Waals surface area (Å²) in [5.74, 6) is -0.860. The van der Waals surface area contributed by atoms with Crippen LogP contribution >= 0.6 is 23.2 Å². The summed E-state index contributed by atoms with van der Waals surface area (Å²) in [6.07, 6.45) is 2.25. The highest BCUT2D eigenvalue weighted by Gasteiger charge is 2.44. The third-order valence-corrected chi connectivity index (χ3v) is 7.21. The Morgan fingerprint density at radius 3 is 2.14 bits per heavy atom. The molecule has 230 valence electrons. The van der Waals surface area contributed by atoms with Crippen molar-refractivity contribution in [2.24, 2.45) is 11.3 Å². The molecular weight excluding hydrogens is 583 g/mol. The molecule has 0 bridgehead atoms. The van der Waals surface area contributed by atoms with E-state index in [4.69, 9.17) is 27.9 Å². The van der Waals surface area contributed by atoms with Crippen LogP contribution in [0.5, 0.6) is 0 Å². The summed E-state index contributed by atoms with van der Waals surface area (Å²) < 4.78 is 31.6. The van der Waals surface area contributed by atoms with Crippen molar-refractivity contribution in [1.82, 2.24) is 9.80 Å². The third-order valence-electron chi connectivity index (χ3n) is 6.67. The van der Waals surface area contributed by atoms with E-state index in [-0.39, 0.29) is 45.9 Å². The first-order valence-corrected chi connectivity index (χ1v) is 14.9. The molecule has 0 N–H and O–H groups in total. The minimum atomic E-state index is -1.06. The highest BCUT2D eigenvalue weighted by molar-refractivity contribution is 6.30. The molecule has 0 saturated carbocycles. The molecule has 1 unspecified atom stereocenters. The zero-order valence-corrected chi connectivity index (χ0v) is 26.6. The van der Waals surface area contributed by atoms with Gasteiger partial charge in [0.05, 0.1) is 17.7 Å². The van der Waals surface area contributed by atoms with Gasteiger partial charge in [0.1, 0.15) is 17.0 Å². The first kappa shape index (κ1) is 35.3. The first-order valence-electron chi connectivity index (χ1n) is 14.2. The fraction of sp³-hybridized carbons (Fsp3) is 0.531.